The maximum absolute atomic E-state index is 12.5. The van der Waals surface area contributed by atoms with Gasteiger partial charge in [0.15, 0.2) is 0 Å². The number of carbonyl (C=O) groups excluding carboxylic acids is 2. The Morgan fingerprint density at radius 2 is 1.28 bits per heavy atom. The van der Waals surface area contributed by atoms with Crippen molar-refractivity contribution in [3.05, 3.63) is 105 Å². The number of amides is 2. The second-order valence-corrected chi connectivity index (χ2v) is 8.07. The molecule has 0 aliphatic carbocycles. The average Bonchev–Trinajstić information content (AvgIpc) is 2.74. The molecule has 1 aliphatic heterocycles. The molecule has 2 aromatic carbocycles. The van der Waals surface area contributed by atoms with Crippen LogP contribution in [0.3, 0.4) is 0 Å². The van der Waals surface area contributed by atoms with E-state index in [0.717, 1.165) is 51.2 Å². The first kappa shape index (κ1) is 23.1. The molecule has 2 aromatic rings. The number of hydrogen-bond donors (Lipinski definition) is 3. The fourth-order valence-corrected chi connectivity index (χ4v) is 3.89. The lowest BCUT2D eigenvalue weighted by molar-refractivity contribution is 0.0948. The molecule has 3 rings (SSSR count). The Hall–Kier alpha value is -3.60. The summed E-state index contributed by atoms with van der Waals surface area (Å²) in [6, 6.07) is 11.7. The molecule has 0 saturated heterocycles. The minimum absolute atomic E-state index is 0.0613. The highest BCUT2D eigenvalue weighted by Crippen LogP contribution is 2.14. The summed E-state index contributed by atoms with van der Waals surface area (Å²) in [5.74, 6) is -0.129. The fourth-order valence-electron chi connectivity index (χ4n) is 3.89. The molecule has 5 heteroatoms. The van der Waals surface area contributed by atoms with Gasteiger partial charge < -0.3 is 16.0 Å². The first-order chi connectivity index (χ1) is 15.4. The molecule has 2 amide bonds. The van der Waals surface area contributed by atoms with Gasteiger partial charge in [-0.2, -0.15) is 0 Å². The van der Waals surface area contributed by atoms with Gasteiger partial charge in [0, 0.05) is 42.0 Å². The summed E-state index contributed by atoms with van der Waals surface area (Å²) in [6.45, 7) is 8.66. The Balaban J connectivity index is 1.53. The highest BCUT2D eigenvalue weighted by atomic mass is 16.2. The summed E-state index contributed by atoms with van der Waals surface area (Å²) in [4.78, 5) is 25.1. The van der Waals surface area contributed by atoms with E-state index in [1.54, 1.807) is 0 Å². The summed E-state index contributed by atoms with van der Waals surface area (Å²) in [5.41, 5.74) is 7.30. The van der Waals surface area contributed by atoms with Crippen LogP contribution in [0.5, 0.6) is 0 Å². The standard InChI is InChI=1S/C27H31N3O2/c1-18-8-5-9-19(2)24(18)26(31)28-16-14-22-12-7-13-23(30-22)15-17-29-27(32)25-20(3)10-6-11-21(25)4/h5-12,14-15,30H,13,16-17H2,1-4H3,(H,28,31)(H,29,32). The minimum atomic E-state index is -0.0674. The van der Waals surface area contributed by atoms with Crippen LogP contribution >= 0.6 is 0 Å². The van der Waals surface area contributed by atoms with Crippen molar-refractivity contribution in [2.24, 2.45) is 0 Å². The van der Waals surface area contributed by atoms with Crippen LogP contribution in [0.25, 0.3) is 0 Å². The number of rotatable bonds is 6. The minimum Gasteiger partial charge on any atom is -0.359 e. The molecule has 0 radical (unpaired) electrons. The summed E-state index contributed by atoms with van der Waals surface area (Å²) in [7, 11) is 0. The van der Waals surface area contributed by atoms with Crippen LogP contribution in [-0.2, 0) is 0 Å². The van der Waals surface area contributed by atoms with Gasteiger partial charge in [-0.25, -0.2) is 0 Å². The van der Waals surface area contributed by atoms with Gasteiger partial charge in [-0.05, 0) is 68.2 Å². The van der Waals surface area contributed by atoms with E-state index in [4.69, 9.17) is 0 Å². The van der Waals surface area contributed by atoms with Gasteiger partial charge in [0.05, 0.1) is 0 Å². The molecule has 0 fully saturated rings. The summed E-state index contributed by atoms with van der Waals surface area (Å²) in [6.07, 6.45) is 8.76. The van der Waals surface area contributed by atoms with Crippen molar-refractivity contribution in [2.75, 3.05) is 13.1 Å². The molecule has 0 saturated carbocycles. The van der Waals surface area contributed by atoms with E-state index in [-0.39, 0.29) is 11.8 Å². The molecule has 1 aliphatic rings. The Morgan fingerprint density at radius 3 is 1.78 bits per heavy atom. The van der Waals surface area contributed by atoms with E-state index < -0.39 is 0 Å². The predicted molar refractivity (Wildman–Crippen MR) is 130 cm³/mol. The molecule has 32 heavy (non-hydrogen) atoms. The average molecular weight is 430 g/mol. The molecular weight excluding hydrogens is 398 g/mol. The molecule has 0 bridgehead atoms. The number of carbonyl (C=O) groups is 2. The van der Waals surface area contributed by atoms with Crippen molar-refractivity contribution in [2.45, 2.75) is 34.1 Å². The number of nitrogens with one attached hydrogen (secondary N) is 3. The van der Waals surface area contributed by atoms with Gasteiger partial charge in [0.2, 0.25) is 0 Å². The number of aryl methyl sites for hydroxylation is 4. The van der Waals surface area contributed by atoms with Crippen LogP contribution in [0, 0.1) is 27.7 Å². The Kier molecular flexibility index (Phi) is 7.66. The first-order valence-electron chi connectivity index (χ1n) is 10.9. The predicted octanol–water partition coefficient (Wildman–Crippen LogP) is 4.40. The second kappa shape index (κ2) is 10.6. The summed E-state index contributed by atoms with van der Waals surface area (Å²) < 4.78 is 0. The Bertz CT molecular complexity index is 1070. The van der Waals surface area contributed by atoms with Crippen LogP contribution in [0.4, 0.5) is 0 Å². The van der Waals surface area contributed by atoms with E-state index in [9.17, 15) is 9.59 Å². The Morgan fingerprint density at radius 1 is 0.812 bits per heavy atom. The Labute approximate surface area is 190 Å². The highest BCUT2D eigenvalue weighted by Gasteiger charge is 2.12. The number of allylic oxidation sites excluding steroid dienone is 2. The van der Waals surface area contributed by atoms with Gasteiger partial charge in [-0.15, -0.1) is 0 Å². The molecule has 0 unspecified atom stereocenters. The first-order valence-corrected chi connectivity index (χ1v) is 10.9. The smallest absolute Gasteiger partial charge is 0.252 e. The van der Waals surface area contributed by atoms with E-state index in [0.29, 0.717) is 13.1 Å². The summed E-state index contributed by atoms with van der Waals surface area (Å²) in [5, 5.41) is 9.30. The zero-order chi connectivity index (χ0) is 23.1. The topological polar surface area (TPSA) is 70.2 Å². The van der Waals surface area contributed by atoms with Crippen molar-refractivity contribution in [1.82, 2.24) is 16.0 Å². The van der Waals surface area contributed by atoms with Crippen molar-refractivity contribution >= 4 is 11.8 Å². The van der Waals surface area contributed by atoms with E-state index in [1.165, 1.54) is 0 Å². The zero-order valence-corrected chi connectivity index (χ0v) is 19.2. The zero-order valence-electron chi connectivity index (χ0n) is 19.2. The quantitative estimate of drug-likeness (QED) is 0.638. The third-order valence-electron chi connectivity index (χ3n) is 5.55. The number of benzene rings is 2. The molecule has 1 heterocycles. The van der Waals surface area contributed by atoms with Crippen molar-refractivity contribution in [1.29, 1.82) is 0 Å². The van der Waals surface area contributed by atoms with Crippen molar-refractivity contribution in [3.63, 3.8) is 0 Å². The molecule has 166 valence electrons. The third-order valence-corrected chi connectivity index (χ3v) is 5.55. The second-order valence-electron chi connectivity index (χ2n) is 8.07. The van der Waals surface area contributed by atoms with Crippen LogP contribution in [0.15, 0.2) is 72.1 Å². The molecule has 5 nitrogen and oxygen atoms in total. The fraction of sp³-hybridized carbons (Fsp3) is 0.259. The van der Waals surface area contributed by atoms with Gasteiger partial charge in [0.25, 0.3) is 11.8 Å². The van der Waals surface area contributed by atoms with Crippen molar-refractivity contribution in [3.8, 4) is 0 Å². The molecule has 0 spiro atoms. The van der Waals surface area contributed by atoms with Gasteiger partial charge in [0.1, 0.15) is 0 Å². The van der Waals surface area contributed by atoms with Crippen LogP contribution in [0.2, 0.25) is 0 Å². The normalized spacial score (nSPS) is 15.5. The SMILES string of the molecule is Cc1cccc(C)c1C(=O)NCC=C1C=CCC(=CCNC(=O)c2c(C)cccc2C)N1. The third kappa shape index (κ3) is 5.76. The van der Waals surface area contributed by atoms with Crippen LogP contribution < -0.4 is 16.0 Å². The van der Waals surface area contributed by atoms with Crippen molar-refractivity contribution < 1.29 is 9.59 Å². The lowest BCUT2D eigenvalue weighted by Gasteiger charge is -2.16. The maximum Gasteiger partial charge on any atom is 0.252 e. The molecule has 0 aromatic heterocycles. The molecule has 0 atom stereocenters. The van der Waals surface area contributed by atoms with Gasteiger partial charge in [-0.3, -0.25) is 9.59 Å². The highest BCUT2D eigenvalue weighted by molar-refractivity contribution is 5.97. The molecule has 3 N–H and O–H groups in total. The monoisotopic (exact) mass is 429 g/mol. The largest absolute Gasteiger partial charge is 0.359 e. The van der Waals surface area contributed by atoms with E-state index >= 15 is 0 Å². The van der Waals surface area contributed by atoms with Gasteiger partial charge in [-0.1, -0.05) is 42.5 Å². The lowest BCUT2D eigenvalue weighted by Crippen LogP contribution is -2.27. The lowest BCUT2D eigenvalue weighted by atomic mass is 10.0. The van der Waals surface area contributed by atoms with Crippen LogP contribution in [-0.4, -0.2) is 24.9 Å². The van der Waals surface area contributed by atoms with Crippen LogP contribution in [0.1, 0.15) is 49.4 Å². The van der Waals surface area contributed by atoms with E-state index in [1.807, 2.05) is 82.3 Å². The van der Waals surface area contributed by atoms with Gasteiger partial charge >= 0.3 is 0 Å². The molecular formula is C27H31N3O2. The summed E-state index contributed by atoms with van der Waals surface area (Å²) >= 11 is 0. The van der Waals surface area contributed by atoms with E-state index in [2.05, 4.69) is 22.0 Å². The number of hydrogen-bond acceptors (Lipinski definition) is 3. The maximum atomic E-state index is 12.5.